The van der Waals surface area contributed by atoms with Gasteiger partial charge in [0.2, 0.25) is 0 Å². The molecule has 4 heteroatoms. The summed E-state index contributed by atoms with van der Waals surface area (Å²) in [5.41, 5.74) is 0. The second kappa shape index (κ2) is 6.10. The Hall–Kier alpha value is -1.13. The van der Waals surface area contributed by atoms with Crippen LogP contribution in [0.4, 0.5) is 5.82 Å². The highest BCUT2D eigenvalue weighted by molar-refractivity contribution is 9.10. The van der Waals surface area contributed by atoms with E-state index in [0.29, 0.717) is 0 Å². The highest BCUT2D eigenvalue weighted by atomic mass is 79.9. The molecule has 106 valence electrons. The van der Waals surface area contributed by atoms with Crippen LogP contribution in [0.25, 0.3) is 10.8 Å². The number of nitrogens with zero attached hydrogens (tertiary/aromatic N) is 2. The SMILES string of the molecule is CNCC1CCCN(c2nccc3c(Br)cccc23)C1. The van der Waals surface area contributed by atoms with E-state index in [9.17, 15) is 0 Å². The quantitative estimate of drug-likeness (QED) is 0.932. The van der Waals surface area contributed by atoms with E-state index >= 15 is 0 Å². The summed E-state index contributed by atoms with van der Waals surface area (Å²) in [5.74, 6) is 1.85. The Balaban J connectivity index is 1.95. The first-order chi connectivity index (χ1) is 9.79. The van der Waals surface area contributed by atoms with Crippen molar-refractivity contribution < 1.29 is 0 Å². The minimum Gasteiger partial charge on any atom is -0.356 e. The lowest BCUT2D eigenvalue weighted by atomic mass is 9.97. The lowest BCUT2D eigenvalue weighted by molar-refractivity contribution is 0.402. The third kappa shape index (κ3) is 2.67. The van der Waals surface area contributed by atoms with Crippen LogP contribution in [-0.2, 0) is 0 Å². The molecule has 1 atom stereocenters. The summed E-state index contributed by atoms with van der Waals surface area (Å²) >= 11 is 3.64. The number of hydrogen-bond acceptors (Lipinski definition) is 3. The molecule has 1 aromatic carbocycles. The fraction of sp³-hybridized carbons (Fsp3) is 0.438. The van der Waals surface area contributed by atoms with Crippen LogP contribution in [0.5, 0.6) is 0 Å². The predicted molar refractivity (Wildman–Crippen MR) is 88.3 cm³/mol. The Morgan fingerprint density at radius 3 is 3.10 bits per heavy atom. The molecule has 3 nitrogen and oxygen atoms in total. The lowest BCUT2D eigenvalue weighted by Crippen LogP contribution is -2.39. The average molecular weight is 334 g/mol. The van der Waals surface area contributed by atoms with Crippen LogP contribution in [0.1, 0.15) is 12.8 Å². The molecule has 0 amide bonds. The molecule has 0 aliphatic carbocycles. The van der Waals surface area contributed by atoms with Crippen LogP contribution in [0, 0.1) is 5.92 Å². The Labute approximate surface area is 128 Å². The van der Waals surface area contributed by atoms with Gasteiger partial charge in [-0.25, -0.2) is 4.98 Å². The molecule has 1 unspecified atom stereocenters. The molecule has 1 N–H and O–H groups in total. The monoisotopic (exact) mass is 333 g/mol. The maximum absolute atomic E-state index is 4.65. The fourth-order valence-corrected chi connectivity index (χ4v) is 3.62. The Morgan fingerprint density at radius 1 is 1.35 bits per heavy atom. The number of rotatable bonds is 3. The van der Waals surface area contributed by atoms with E-state index in [1.165, 1.54) is 23.6 Å². The van der Waals surface area contributed by atoms with E-state index in [0.717, 1.165) is 35.8 Å². The lowest BCUT2D eigenvalue weighted by Gasteiger charge is -2.34. The number of aromatic nitrogens is 1. The molecule has 3 rings (SSSR count). The van der Waals surface area contributed by atoms with Crippen LogP contribution >= 0.6 is 15.9 Å². The predicted octanol–water partition coefficient (Wildman–Crippen LogP) is 3.43. The van der Waals surface area contributed by atoms with Gasteiger partial charge in [0.1, 0.15) is 5.82 Å². The minimum atomic E-state index is 0.720. The third-order valence-electron chi connectivity index (χ3n) is 4.04. The van der Waals surface area contributed by atoms with E-state index in [2.05, 4.69) is 55.4 Å². The third-order valence-corrected chi connectivity index (χ3v) is 4.73. The Kier molecular flexibility index (Phi) is 4.22. The minimum absolute atomic E-state index is 0.720. The first-order valence-electron chi connectivity index (χ1n) is 7.22. The standard InChI is InChI=1S/C16H20BrN3/c1-18-10-12-4-3-9-20(11-12)16-14-5-2-6-15(17)13(14)7-8-19-16/h2,5-8,12,18H,3-4,9-11H2,1H3. The van der Waals surface area contributed by atoms with Crippen molar-refractivity contribution in [3.8, 4) is 0 Å². The van der Waals surface area contributed by atoms with Crippen molar-refractivity contribution in [2.75, 3.05) is 31.6 Å². The molecular weight excluding hydrogens is 314 g/mol. The summed E-state index contributed by atoms with van der Waals surface area (Å²) in [6.07, 6.45) is 4.48. The number of anilines is 1. The summed E-state index contributed by atoms with van der Waals surface area (Å²) in [6, 6.07) is 8.43. The van der Waals surface area contributed by atoms with E-state index in [4.69, 9.17) is 0 Å². The number of halogens is 1. The smallest absolute Gasteiger partial charge is 0.136 e. The second-order valence-corrected chi connectivity index (χ2v) is 6.34. The van der Waals surface area contributed by atoms with Gasteiger partial charge in [0, 0.05) is 34.5 Å². The fourth-order valence-electron chi connectivity index (χ4n) is 3.12. The summed E-state index contributed by atoms with van der Waals surface area (Å²) in [6.45, 7) is 3.29. The van der Waals surface area contributed by atoms with Crippen molar-refractivity contribution in [1.82, 2.24) is 10.3 Å². The summed E-state index contributed by atoms with van der Waals surface area (Å²) in [4.78, 5) is 7.10. The van der Waals surface area contributed by atoms with E-state index in [1.807, 2.05) is 13.2 Å². The zero-order valence-corrected chi connectivity index (χ0v) is 13.4. The summed E-state index contributed by atoms with van der Waals surface area (Å²) in [5, 5.41) is 5.79. The molecule has 1 fully saturated rings. The first-order valence-corrected chi connectivity index (χ1v) is 8.01. The number of piperidine rings is 1. The number of hydrogen-bond donors (Lipinski definition) is 1. The maximum Gasteiger partial charge on any atom is 0.136 e. The largest absolute Gasteiger partial charge is 0.356 e. The van der Waals surface area contributed by atoms with Gasteiger partial charge in [0.05, 0.1) is 0 Å². The van der Waals surface area contributed by atoms with E-state index < -0.39 is 0 Å². The van der Waals surface area contributed by atoms with Crippen LogP contribution in [0.2, 0.25) is 0 Å². The molecule has 1 aliphatic heterocycles. The van der Waals surface area contributed by atoms with E-state index in [1.54, 1.807) is 0 Å². The van der Waals surface area contributed by atoms with Gasteiger partial charge in [-0.1, -0.05) is 28.1 Å². The molecule has 1 aromatic heterocycles. The molecule has 2 aromatic rings. The number of nitrogens with one attached hydrogen (secondary N) is 1. The molecular formula is C16H20BrN3. The number of pyridine rings is 1. The zero-order valence-electron chi connectivity index (χ0n) is 11.8. The molecule has 0 spiro atoms. The maximum atomic E-state index is 4.65. The van der Waals surface area contributed by atoms with Crippen molar-refractivity contribution >= 4 is 32.5 Å². The number of fused-ring (bicyclic) bond motifs is 1. The molecule has 0 saturated carbocycles. The number of benzene rings is 1. The van der Waals surface area contributed by atoms with Crippen LogP contribution in [0.15, 0.2) is 34.9 Å². The highest BCUT2D eigenvalue weighted by Crippen LogP contribution is 2.31. The van der Waals surface area contributed by atoms with Gasteiger partial charge in [-0.2, -0.15) is 0 Å². The highest BCUT2D eigenvalue weighted by Gasteiger charge is 2.21. The topological polar surface area (TPSA) is 28.2 Å². The van der Waals surface area contributed by atoms with Crippen LogP contribution in [-0.4, -0.2) is 31.7 Å². The van der Waals surface area contributed by atoms with Crippen molar-refractivity contribution in [3.63, 3.8) is 0 Å². The van der Waals surface area contributed by atoms with Gasteiger partial charge < -0.3 is 10.2 Å². The van der Waals surface area contributed by atoms with Crippen molar-refractivity contribution in [3.05, 3.63) is 34.9 Å². The van der Waals surface area contributed by atoms with E-state index in [-0.39, 0.29) is 0 Å². The van der Waals surface area contributed by atoms with Gasteiger partial charge in [0.25, 0.3) is 0 Å². The van der Waals surface area contributed by atoms with Gasteiger partial charge in [-0.3, -0.25) is 0 Å². The Bertz CT molecular complexity index is 597. The molecule has 0 radical (unpaired) electrons. The van der Waals surface area contributed by atoms with Crippen molar-refractivity contribution in [2.45, 2.75) is 12.8 Å². The first kappa shape index (κ1) is 13.8. The molecule has 2 heterocycles. The Morgan fingerprint density at radius 2 is 2.25 bits per heavy atom. The van der Waals surface area contributed by atoms with Gasteiger partial charge in [-0.15, -0.1) is 0 Å². The summed E-state index contributed by atoms with van der Waals surface area (Å²) < 4.78 is 1.14. The molecule has 0 bridgehead atoms. The van der Waals surface area contributed by atoms with Gasteiger partial charge in [0.15, 0.2) is 0 Å². The second-order valence-electron chi connectivity index (χ2n) is 5.48. The normalized spacial score (nSPS) is 19.5. The molecule has 20 heavy (non-hydrogen) atoms. The van der Waals surface area contributed by atoms with Crippen molar-refractivity contribution in [1.29, 1.82) is 0 Å². The molecule has 1 saturated heterocycles. The average Bonchev–Trinajstić information content (AvgIpc) is 2.48. The van der Waals surface area contributed by atoms with Gasteiger partial charge in [-0.05, 0) is 44.5 Å². The van der Waals surface area contributed by atoms with Crippen molar-refractivity contribution in [2.24, 2.45) is 5.92 Å². The zero-order chi connectivity index (χ0) is 13.9. The van der Waals surface area contributed by atoms with Gasteiger partial charge >= 0.3 is 0 Å². The van der Waals surface area contributed by atoms with Crippen LogP contribution < -0.4 is 10.2 Å². The summed E-state index contributed by atoms with van der Waals surface area (Å²) in [7, 11) is 2.03. The van der Waals surface area contributed by atoms with Crippen LogP contribution in [0.3, 0.4) is 0 Å². The molecule has 1 aliphatic rings.